The van der Waals surface area contributed by atoms with Crippen LogP contribution in [0.3, 0.4) is 0 Å². The summed E-state index contributed by atoms with van der Waals surface area (Å²) in [6, 6.07) is 16.5. The van der Waals surface area contributed by atoms with Crippen molar-refractivity contribution in [3.05, 3.63) is 71.4 Å². The fraction of sp³-hybridized carbons (Fsp3) is 0.393. The highest BCUT2D eigenvalue weighted by molar-refractivity contribution is 5.95. The number of phenolic OH excluding ortho intramolecular Hbond substituents is 1. The molecular weight excluding hydrogens is 470 g/mol. The van der Waals surface area contributed by atoms with Gasteiger partial charge in [0.2, 0.25) is 5.95 Å². The Balaban J connectivity index is 1.68. The molecule has 9 heteroatoms. The number of nitrogens with one attached hydrogen (secondary N) is 2. The molecule has 196 valence electrons. The molecule has 1 aromatic heterocycles. The number of anilines is 3. The van der Waals surface area contributed by atoms with Crippen molar-refractivity contribution in [3.63, 3.8) is 0 Å². The number of unbranched alkanes of at least 4 members (excludes halogenated alkanes) is 2. The van der Waals surface area contributed by atoms with E-state index in [0.29, 0.717) is 62.5 Å². The average molecular weight is 506 g/mol. The number of aromatic nitrogens is 2. The molecule has 0 atom stereocenters. The predicted octanol–water partition coefficient (Wildman–Crippen LogP) is 4.40. The minimum atomic E-state index is -0.299. The number of ether oxygens (including phenoxy) is 2. The third kappa shape index (κ3) is 7.65. The lowest BCUT2D eigenvalue weighted by Gasteiger charge is -2.28. The van der Waals surface area contributed by atoms with Crippen molar-refractivity contribution in [1.82, 2.24) is 15.3 Å². The Kier molecular flexibility index (Phi) is 9.67. The number of carbonyl (C=O) groups excluding carboxylic acids is 1. The van der Waals surface area contributed by atoms with Gasteiger partial charge >= 0.3 is 0 Å². The van der Waals surface area contributed by atoms with Crippen molar-refractivity contribution in [1.29, 1.82) is 0 Å². The standard InChI is InChI=1S/C28H35N5O4/c1-2-3-7-15-37-20-24-25(27(35)29-19-21-9-5-4-6-10-21)31-28(33-13-16-36-17-14-33)32-26(24)30-22-11-8-12-23(34)18-22/h4-6,8-12,18,34H,2-3,7,13-17,19-20H2,1H3,(H,29,35)(H,30,31,32). The van der Waals surface area contributed by atoms with Gasteiger partial charge < -0.3 is 30.1 Å². The first-order valence-electron chi connectivity index (χ1n) is 12.8. The van der Waals surface area contributed by atoms with Crippen LogP contribution in [0.4, 0.5) is 17.5 Å². The number of hydrogen-bond acceptors (Lipinski definition) is 8. The first-order valence-corrected chi connectivity index (χ1v) is 12.8. The summed E-state index contributed by atoms with van der Waals surface area (Å²) in [7, 11) is 0. The molecule has 2 aromatic carbocycles. The molecule has 0 radical (unpaired) electrons. The van der Waals surface area contributed by atoms with E-state index in [1.165, 1.54) is 0 Å². The predicted molar refractivity (Wildman–Crippen MR) is 143 cm³/mol. The summed E-state index contributed by atoms with van der Waals surface area (Å²) in [6.45, 7) is 5.67. The molecule has 1 amide bonds. The molecule has 1 aliphatic heterocycles. The van der Waals surface area contributed by atoms with Gasteiger partial charge in [-0.25, -0.2) is 4.98 Å². The van der Waals surface area contributed by atoms with Gasteiger partial charge in [-0.2, -0.15) is 4.98 Å². The van der Waals surface area contributed by atoms with Crippen LogP contribution in [0.25, 0.3) is 0 Å². The Morgan fingerprint density at radius 1 is 1.08 bits per heavy atom. The largest absolute Gasteiger partial charge is 0.508 e. The van der Waals surface area contributed by atoms with Crippen molar-refractivity contribution >= 4 is 23.4 Å². The van der Waals surface area contributed by atoms with E-state index in [1.807, 2.05) is 41.3 Å². The van der Waals surface area contributed by atoms with Gasteiger partial charge in [-0.15, -0.1) is 0 Å². The first-order chi connectivity index (χ1) is 18.1. The van der Waals surface area contributed by atoms with Gasteiger partial charge in [0.25, 0.3) is 5.91 Å². The summed E-state index contributed by atoms with van der Waals surface area (Å²) < 4.78 is 11.5. The molecule has 1 fully saturated rings. The van der Waals surface area contributed by atoms with E-state index in [1.54, 1.807) is 18.2 Å². The van der Waals surface area contributed by atoms with Crippen LogP contribution in [0.15, 0.2) is 54.6 Å². The van der Waals surface area contributed by atoms with Gasteiger partial charge in [0.1, 0.15) is 17.3 Å². The topological polar surface area (TPSA) is 109 Å². The van der Waals surface area contributed by atoms with Crippen LogP contribution in [0, 0.1) is 0 Å². The molecule has 0 saturated carbocycles. The SMILES string of the molecule is CCCCCOCc1c(Nc2cccc(O)c2)nc(N2CCOCC2)nc1C(=O)NCc1ccccc1. The van der Waals surface area contributed by atoms with Gasteiger partial charge in [-0.1, -0.05) is 56.2 Å². The molecule has 9 nitrogen and oxygen atoms in total. The molecule has 0 bridgehead atoms. The van der Waals surface area contributed by atoms with E-state index in [2.05, 4.69) is 17.6 Å². The lowest BCUT2D eigenvalue weighted by atomic mass is 10.1. The number of rotatable bonds is 12. The van der Waals surface area contributed by atoms with E-state index < -0.39 is 0 Å². The molecule has 4 rings (SSSR count). The van der Waals surface area contributed by atoms with Crippen LogP contribution in [-0.4, -0.2) is 53.9 Å². The Morgan fingerprint density at radius 3 is 2.65 bits per heavy atom. The highest BCUT2D eigenvalue weighted by Gasteiger charge is 2.24. The van der Waals surface area contributed by atoms with Crippen LogP contribution < -0.4 is 15.5 Å². The van der Waals surface area contributed by atoms with Gasteiger partial charge in [-0.05, 0) is 24.1 Å². The summed E-state index contributed by atoms with van der Waals surface area (Å²) in [6.07, 6.45) is 3.11. The van der Waals surface area contributed by atoms with Gasteiger partial charge in [-0.3, -0.25) is 4.79 Å². The molecule has 0 aliphatic carbocycles. The third-order valence-electron chi connectivity index (χ3n) is 6.05. The zero-order valence-electron chi connectivity index (χ0n) is 21.3. The molecule has 1 aliphatic rings. The van der Waals surface area contributed by atoms with Crippen LogP contribution in [0.1, 0.15) is 47.8 Å². The zero-order chi connectivity index (χ0) is 25.9. The number of carbonyl (C=O) groups is 1. The second-order valence-corrected chi connectivity index (χ2v) is 8.90. The molecule has 37 heavy (non-hydrogen) atoms. The second-order valence-electron chi connectivity index (χ2n) is 8.90. The Hall–Kier alpha value is -3.69. The molecular formula is C28H35N5O4. The van der Waals surface area contributed by atoms with E-state index in [0.717, 1.165) is 24.8 Å². The number of aromatic hydroxyl groups is 1. The number of benzene rings is 2. The van der Waals surface area contributed by atoms with Crippen molar-refractivity contribution in [3.8, 4) is 5.75 Å². The summed E-state index contributed by atoms with van der Waals surface area (Å²) in [5.74, 6) is 0.755. The Morgan fingerprint density at radius 2 is 1.89 bits per heavy atom. The average Bonchev–Trinajstić information content (AvgIpc) is 2.93. The van der Waals surface area contributed by atoms with Crippen molar-refractivity contribution < 1.29 is 19.4 Å². The fourth-order valence-corrected chi connectivity index (χ4v) is 4.02. The van der Waals surface area contributed by atoms with E-state index in [4.69, 9.17) is 19.4 Å². The van der Waals surface area contributed by atoms with Crippen LogP contribution in [-0.2, 0) is 22.6 Å². The minimum Gasteiger partial charge on any atom is -0.508 e. The maximum Gasteiger partial charge on any atom is 0.270 e. The quantitative estimate of drug-likeness (QED) is 0.311. The van der Waals surface area contributed by atoms with Crippen molar-refractivity contribution in [2.75, 3.05) is 43.1 Å². The van der Waals surface area contributed by atoms with Gasteiger partial charge in [0.15, 0.2) is 0 Å². The summed E-state index contributed by atoms with van der Waals surface area (Å²) in [5, 5.41) is 16.3. The molecule has 2 heterocycles. The van der Waals surface area contributed by atoms with Crippen LogP contribution in [0.5, 0.6) is 5.75 Å². The fourth-order valence-electron chi connectivity index (χ4n) is 4.02. The number of phenols is 1. The highest BCUT2D eigenvalue weighted by Crippen LogP contribution is 2.27. The molecule has 3 aromatic rings. The third-order valence-corrected chi connectivity index (χ3v) is 6.05. The van der Waals surface area contributed by atoms with E-state index in [9.17, 15) is 9.90 Å². The molecule has 0 spiro atoms. The minimum absolute atomic E-state index is 0.130. The number of morpholine rings is 1. The first kappa shape index (κ1) is 26.4. The van der Waals surface area contributed by atoms with E-state index in [-0.39, 0.29) is 24.0 Å². The number of nitrogens with zero attached hydrogens (tertiary/aromatic N) is 3. The second kappa shape index (κ2) is 13.6. The Labute approximate surface area is 217 Å². The monoisotopic (exact) mass is 505 g/mol. The molecule has 0 unspecified atom stereocenters. The van der Waals surface area contributed by atoms with Gasteiger partial charge in [0, 0.05) is 38.0 Å². The van der Waals surface area contributed by atoms with Crippen LogP contribution >= 0.6 is 0 Å². The van der Waals surface area contributed by atoms with E-state index >= 15 is 0 Å². The zero-order valence-corrected chi connectivity index (χ0v) is 21.3. The Bertz CT molecular complexity index is 1150. The molecule has 3 N–H and O–H groups in total. The van der Waals surface area contributed by atoms with Crippen LogP contribution in [0.2, 0.25) is 0 Å². The maximum atomic E-state index is 13.5. The van der Waals surface area contributed by atoms with Gasteiger partial charge in [0.05, 0.1) is 25.4 Å². The van der Waals surface area contributed by atoms with Crippen molar-refractivity contribution in [2.24, 2.45) is 0 Å². The smallest absolute Gasteiger partial charge is 0.270 e. The summed E-state index contributed by atoms with van der Waals surface area (Å²) >= 11 is 0. The lowest BCUT2D eigenvalue weighted by molar-refractivity contribution is 0.0928. The summed E-state index contributed by atoms with van der Waals surface area (Å²) in [4.78, 5) is 25.0. The molecule has 1 saturated heterocycles. The number of hydrogen-bond donors (Lipinski definition) is 3. The number of amides is 1. The maximum absolute atomic E-state index is 13.5. The normalized spacial score (nSPS) is 13.4. The summed E-state index contributed by atoms with van der Waals surface area (Å²) in [5.41, 5.74) is 2.48. The van der Waals surface area contributed by atoms with Crippen molar-refractivity contribution in [2.45, 2.75) is 39.3 Å². The highest BCUT2D eigenvalue weighted by atomic mass is 16.5. The lowest BCUT2D eigenvalue weighted by Crippen LogP contribution is -2.38.